The highest BCUT2D eigenvalue weighted by molar-refractivity contribution is 6.02. The van der Waals surface area contributed by atoms with Gasteiger partial charge in [0.1, 0.15) is 0 Å². The molecule has 1 aromatic rings. The van der Waals surface area contributed by atoms with Crippen molar-refractivity contribution in [3.8, 4) is 0 Å². The molecule has 1 fully saturated rings. The van der Waals surface area contributed by atoms with E-state index in [0.717, 1.165) is 5.69 Å². The first-order chi connectivity index (χ1) is 7.52. The van der Waals surface area contributed by atoms with Gasteiger partial charge in [-0.2, -0.15) is 0 Å². The summed E-state index contributed by atoms with van der Waals surface area (Å²) >= 11 is 0. The Kier molecular flexibility index (Phi) is 2.75. The van der Waals surface area contributed by atoms with Gasteiger partial charge in [-0.25, -0.2) is 0 Å². The lowest BCUT2D eigenvalue weighted by Crippen LogP contribution is -2.62. The molecule has 2 unspecified atom stereocenters. The number of carbonyl (C=O) groups is 1. The predicted molar refractivity (Wildman–Crippen MR) is 66.5 cm³/mol. The largest absolute Gasteiger partial charge is 0.308 e. The van der Waals surface area contributed by atoms with Crippen LogP contribution in [0, 0.1) is 18.8 Å². The number of β-lactam (4-membered cyclic amide) rings is 1. The molecule has 0 radical (unpaired) electrons. The van der Waals surface area contributed by atoms with E-state index in [1.807, 2.05) is 24.0 Å². The lowest BCUT2D eigenvalue weighted by atomic mass is 9.81. The van der Waals surface area contributed by atoms with Gasteiger partial charge < -0.3 is 4.90 Å². The van der Waals surface area contributed by atoms with Gasteiger partial charge in [-0.3, -0.25) is 4.79 Å². The van der Waals surface area contributed by atoms with Crippen LogP contribution < -0.4 is 4.90 Å². The maximum Gasteiger partial charge on any atom is 0.232 e. The van der Waals surface area contributed by atoms with Crippen LogP contribution in [0.2, 0.25) is 0 Å². The summed E-state index contributed by atoms with van der Waals surface area (Å²) in [5, 5.41) is 0. The van der Waals surface area contributed by atoms with Crippen molar-refractivity contribution in [2.24, 2.45) is 11.8 Å². The monoisotopic (exact) mass is 217 g/mol. The van der Waals surface area contributed by atoms with Crippen molar-refractivity contribution in [2.45, 2.75) is 33.7 Å². The van der Waals surface area contributed by atoms with Crippen molar-refractivity contribution < 1.29 is 4.79 Å². The molecule has 2 atom stereocenters. The first kappa shape index (κ1) is 11.2. The SMILES string of the molecule is Cc1ccc(N2C(=O)C(C)C2C(C)C)cc1. The van der Waals surface area contributed by atoms with Gasteiger partial charge in [0, 0.05) is 5.69 Å². The Balaban J connectivity index is 2.27. The Bertz CT molecular complexity index is 394. The highest BCUT2D eigenvalue weighted by atomic mass is 16.2. The number of aryl methyl sites for hydroxylation is 1. The molecule has 0 bridgehead atoms. The number of amides is 1. The lowest BCUT2D eigenvalue weighted by Gasteiger charge is -2.48. The number of carbonyl (C=O) groups excluding carboxylic acids is 1. The highest BCUT2D eigenvalue weighted by Crippen LogP contribution is 2.36. The van der Waals surface area contributed by atoms with E-state index in [1.54, 1.807) is 0 Å². The van der Waals surface area contributed by atoms with Crippen LogP contribution in [0.3, 0.4) is 0 Å². The Morgan fingerprint density at radius 3 is 2.25 bits per heavy atom. The van der Waals surface area contributed by atoms with Gasteiger partial charge >= 0.3 is 0 Å². The summed E-state index contributed by atoms with van der Waals surface area (Å²) in [4.78, 5) is 13.8. The third-order valence-electron chi connectivity index (χ3n) is 3.43. The second-order valence-electron chi connectivity index (χ2n) is 5.07. The van der Waals surface area contributed by atoms with E-state index in [2.05, 4.69) is 32.9 Å². The van der Waals surface area contributed by atoms with Gasteiger partial charge in [-0.05, 0) is 25.0 Å². The molecule has 1 aromatic carbocycles. The van der Waals surface area contributed by atoms with E-state index in [0.29, 0.717) is 12.0 Å². The van der Waals surface area contributed by atoms with Gasteiger partial charge in [0.25, 0.3) is 0 Å². The predicted octanol–water partition coefficient (Wildman–Crippen LogP) is 3.00. The fourth-order valence-electron chi connectivity index (χ4n) is 2.53. The highest BCUT2D eigenvalue weighted by Gasteiger charge is 2.46. The topological polar surface area (TPSA) is 20.3 Å². The van der Waals surface area contributed by atoms with Gasteiger partial charge in [0.05, 0.1) is 12.0 Å². The molecular weight excluding hydrogens is 198 g/mol. The van der Waals surface area contributed by atoms with Gasteiger partial charge in [-0.15, -0.1) is 0 Å². The summed E-state index contributed by atoms with van der Waals surface area (Å²) in [5.41, 5.74) is 2.26. The smallest absolute Gasteiger partial charge is 0.232 e. The Labute approximate surface area is 97.3 Å². The van der Waals surface area contributed by atoms with Crippen molar-refractivity contribution in [1.29, 1.82) is 0 Å². The van der Waals surface area contributed by atoms with E-state index in [-0.39, 0.29) is 11.8 Å². The molecule has 1 aliphatic heterocycles. The van der Waals surface area contributed by atoms with Crippen molar-refractivity contribution in [1.82, 2.24) is 0 Å². The number of hydrogen-bond donors (Lipinski definition) is 0. The first-order valence-electron chi connectivity index (χ1n) is 5.92. The van der Waals surface area contributed by atoms with Crippen molar-refractivity contribution >= 4 is 11.6 Å². The van der Waals surface area contributed by atoms with Crippen LogP contribution in [-0.2, 0) is 4.79 Å². The van der Waals surface area contributed by atoms with Gasteiger partial charge in [0.2, 0.25) is 5.91 Å². The minimum atomic E-state index is 0.168. The molecule has 0 spiro atoms. The van der Waals surface area contributed by atoms with Crippen LogP contribution >= 0.6 is 0 Å². The van der Waals surface area contributed by atoms with Crippen LogP contribution in [0.15, 0.2) is 24.3 Å². The van der Waals surface area contributed by atoms with E-state index in [4.69, 9.17) is 0 Å². The second kappa shape index (κ2) is 3.93. The van der Waals surface area contributed by atoms with Gasteiger partial charge in [-0.1, -0.05) is 38.5 Å². The van der Waals surface area contributed by atoms with Crippen molar-refractivity contribution in [3.05, 3.63) is 29.8 Å². The molecule has 16 heavy (non-hydrogen) atoms. The molecule has 1 aliphatic rings. The summed E-state index contributed by atoms with van der Waals surface area (Å²) in [6.45, 7) is 8.44. The average molecular weight is 217 g/mol. The van der Waals surface area contributed by atoms with Crippen LogP contribution in [0.4, 0.5) is 5.69 Å². The molecule has 0 saturated carbocycles. The Morgan fingerprint density at radius 1 is 1.19 bits per heavy atom. The molecule has 0 aliphatic carbocycles. The van der Waals surface area contributed by atoms with Crippen LogP contribution in [-0.4, -0.2) is 11.9 Å². The third-order valence-corrected chi connectivity index (χ3v) is 3.43. The Morgan fingerprint density at radius 2 is 1.75 bits per heavy atom. The zero-order chi connectivity index (χ0) is 11.9. The summed E-state index contributed by atoms with van der Waals surface area (Å²) in [6.07, 6.45) is 0. The van der Waals surface area contributed by atoms with Crippen LogP contribution in [0.25, 0.3) is 0 Å². The summed E-state index contributed by atoms with van der Waals surface area (Å²) < 4.78 is 0. The molecule has 1 saturated heterocycles. The minimum Gasteiger partial charge on any atom is -0.308 e. The lowest BCUT2D eigenvalue weighted by molar-refractivity contribution is -0.130. The van der Waals surface area contributed by atoms with E-state index >= 15 is 0 Å². The average Bonchev–Trinajstić information content (AvgIpc) is 2.25. The number of anilines is 1. The maximum atomic E-state index is 11.9. The molecule has 86 valence electrons. The van der Waals surface area contributed by atoms with E-state index in [9.17, 15) is 4.79 Å². The quantitative estimate of drug-likeness (QED) is 0.697. The number of hydrogen-bond acceptors (Lipinski definition) is 1. The van der Waals surface area contributed by atoms with Crippen LogP contribution in [0.5, 0.6) is 0 Å². The van der Waals surface area contributed by atoms with E-state index in [1.165, 1.54) is 5.56 Å². The molecule has 0 aromatic heterocycles. The molecule has 0 N–H and O–H groups in total. The summed E-state index contributed by atoms with van der Waals surface area (Å²) in [5.74, 6) is 0.929. The summed E-state index contributed by atoms with van der Waals surface area (Å²) in [6, 6.07) is 8.55. The third kappa shape index (κ3) is 1.62. The van der Waals surface area contributed by atoms with Crippen molar-refractivity contribution in [2.75, 3.05) is 4.90 Å². The minimum absolute atomic E-state index is 0.168. The first-order valence-corrected chi connectivity index (χ1v) is 5.92. The number of benzene rings is 1. The standard InChI is InChI=1S/C14H19NO/c1-9(2)13-11(4)14(16)15(13)12-7-5-10(3)6-8-12/h5-9,11,13H,1-4H3. The Hall–Kier alpha value is -1.31. The van der Waals surface area contributed by atoms with Crippen LogP contribution in [0.1, 0.15) is 26.3 Å². The molecule has 2 rings (SSSR count). The molecule has 1 heterocycles. The second-order valence-corrected chi connectivity index (χ2v) is 5.07. The fourth-order valence-corrected chi connectivity index (χ4v) is 2.53. The molecule has 1 amide bonds. The van der Waals surface area contributed by atoms with E-state index < -0.39 is 0 Å². The maximum absolute atomic E-state index is 11.9. The number of rotatable bonds is 2. The molecular formula is C14H19NO. The van der Waals surface area contributed by atoms with Crippen molar-refractivity contribution in [3.63, 3.8) is 0 Å². The molecule has 2 nitrogen and oxygen atoms in total. The zero-order valence-corrected chi connectivity index (χ0v) is 10.4. The fraction of sp³-hybridized carbons (Fsp3) is 0.500. The molecule has 2 heteroatoms. The van der Waals surface area contributed by atoms with Gasteiger partial charge in [0.15, 0.2) is 0 Å². The zero-order valence-electron chi connectivity index (χ0n) is 10.4. The number of nitrogens with zero attached hydrogens (tertiary/aromatic N) is 1. The summed E-state index contributed by atoms with van der Waals surface area (Å²) in [7, 11) is 0. The normalized spacial score (nSPS) is 24.8.